The van der Waals surface area contributed by atoms with Crippen LogP contribution in [0.15, 0.2) is 36.5 Å². The van der Waals surface area contributed by atoms with Crippen LogP contribution in [0.25, 0.3) is 0 Å². The molecule has 0 radical (unpaired) electrons. The molecule has 6 heteroatoms. The predicted molar refractivity (Wildman–Crippen MR) is 116 cm³/mol. The van der Waals surface area contributed by atoms with E-state index in [0.29, 0.717) is 6.54 Å². The Morgan fingerprint density at radius 1 is 1.14 bits per heavy atom. The van der Waals surface area contributed by atoms with Crippen molar-refractivity contribution in [1.82, 2.24) is 14.4 Å². The lowest BCUT2D eigenvalue weighted by Gasteiger charge is -2.30. The van der Waals surface area contributed by atoms with Crippen LogP contribution in [0.2, 0.25) is 0 Å². The van der Waals surface area contributed by atoms with Gasteiger partial charge in [0.25, 0.3) is 0 Å². The molecule has 1 aliphatic rings. The first-order valence-electron chi connectivity index (χ1n) is 10.3. The van der Waals surface area contributed by atoms with Crippen LogP contribution >= 0.6 is 0 Å². The number of hydrogen-bond acceptors (Lipinski definition) is 2. The highest BCUT2D eigenvalue weighted by Gasteiger charge is 2.34. The monoisotopic (exact) mass is 396 g/mol. The summed E-state index contributed by atoms with van der Waals surface area (Å²) in [5.41, 5.74) is 3.94. The van der Waals surface area contributed by atoms with Crippen LogP contribution in [0.3, 0.4) is 0 Å². The Hall–Kier alpha value is -2.76. The zero-order valence-electron chi connectivity index (χ0n) is 18.1. The van der Waals surface area contributed by atoms with Gasteiger partial charge >= 0.3 is 6.03 Å². The summed E-state index contributed by atoms with van der Waals surface area (Å²) in [6.45, 7) is 8.49. The maximum absolute atomic E-state index is 13.2. The lowest BCUT2D eigenvalue weighted by atomic mass is 10.1. The fourth-order valence-electron chi connectivity index (χ4n) is 3.56. The number of aromatic nitrogens is 1. The summed E-state index contributed by atoms with van der Waals surface area (Å²) in [6, 6.07) is 9.92. The van der Waals surface area contributed by atoms with Gasteiger partial charge in [-0.15, -0.1) is 0 Å². The third-order valence-corrected chi connectivity index (χ3v) is 5.59. The number of rotatable bonds is 7. The van der Waals surface area contributed by atoms with E-state index in [1.165, 1.54) is 0 Å². The second-order valence-corrected chi connectivity index (χ2v) is 8.28. The smallest absolute Gasteiger partial charge is 0.322 e. The largest absolute Gasteiger partial charge is 0.353 e. The van der Waals surface area contributed by atoms with E-state index in [0.717, 1.165) is 35.3 Å². The quantitative estimate of drug-likeness (QED) is 0.767. The number of carbonyl (C=O) groups is 2. The van der Waals surface area contributed by atoms with Crippen molar-refractivity contribution < 1.29 is 9.59 Å². The van der Waals surface area contributed by atoms with Gasteiger partial charge in [-0.05, 0) is 63.8 Å². The summed E-state index contributed by atoms with van der Waals surface area (Å²) in [4.78, 5) is 29.7. The highest BCUT2D eigenvalue weighted by atomic mass is 16.2. The molecule has 0 atom stereocenters. The minimum atomic E-state index is -0.236. The first-order valence-corrected chi connectivity index (χ1v) is 10.3. The summed E-state index contributed by atoms with van der Waals surface area (Å²) >= 11 is 0. The Balaban J connectivity index is 1.72. The Morgan fingerprint density at radius 3 is 2.31 bits per heavy atom. The van der Waals surface area contributed by atoms with Crippen molar-refractivity contribution in [1.29, 1.82) is 0 Å². The molecule has 2 aromatic rings. The molecule has 0 saturated heterocycles. The van der Waals surface area contributed by atoms with Gasteiger partial charge in [0.15, 0.2) is 0 Å². The number of aryl methyl sites for hydroxylation is 3. The van der Waals surface area contributed by atoms with Gasteiger partial charge in [0, 0.05) is 36.7 Å². The van der Waals surface area contributed by atoms with E-state index in [1.807, 2.05) is 80.7 Å². The maximum atomic E-state index is 13.2. The Labute approximate surface area is 173 Å². The zero-order valence-corrected chi connectivity index (χ0v) is 18.1. The van der Waals surface area contributed by atoms with Crippen LogP contribution in [0.4, 0.5) is 10.5 Å². The topological polar surface area (TPSA) is 57.6 Å². The molecule has 6 nitrogen and oxygen atoms in total. The summed E-state index contributed by atoms with van der Waals surface area (Å²) < 4.78 is 2.04. The average Bonchev–Trinajstić information content (AvgIpc) is 3.42. The van der Waals surface area contributed by atoms with Crippen molar-refractivity contribution in [2.24, 2.45) is 7.05 Å². The molecule has 1 aromatic heterocycles. The molecule has 1 fully saturated rings. The molecule has 1 heterocycles. The van der Waals surface area contributed by atoms with Crippen LogP contribution in [-0.4, -0.2) is 44.9 Å². The van der Waals surface area contributed by atoms with Crippen molar-refractivity contribution in [2.75, 3.05) is 11.9 Å². The van der Waals surface area contributed by atoms with Gasteiger partial charge in [-0.3, -0.25) is 4.79 Å². The van der Waals surface area contributed by atoms with E-state index in [9.17, 15) is 9.59 Å². The summed E-state index contributed by atoms with van der Waals surface area (Å²) in [5.74, 6) is -0.000874. The van der Waals surface area contributed by atoms with Gasteiger partial charge in [-0.2, -0.15) is 0 Å². The maximum Gasteiger partial charge on any atom is 0.322 e. The first kappa shape index (κ1) is 21.0. The molecule has 1 saturated carbocycles. The fourth-order valence-corrected chi connectivity index (χ4v) is 3.56. The molecule has 3 rings (SSSR count). The van der Waals surface area contributed by atoms with Crippen molar-refractivity contribution >= 4 is 17.6 Å². The number of nitrogens with zero attached hydrogens (tertiary/aromatic N) is 3. The van der Waals surface area contributed by atoms with Gasteiger partial charge in [-0.1, -0.05) is 18.2 Å². The SMILES string of the molecule is Cc1cccc(C)c1NC(=O)N(CC(=O)N(Cc1cccn1C)C1CC1)C(C)C. The third kappa shape index (κ3) is 5.00. The molecule has 3 amide bonds. The van der Waals surface area contributed by atoms with Gasteiger partial charge in [0.05, 0.1) is 6.54 Å². The fraction of sp³-hybridized carbons (Fsp3) is 0.478. The molecule has 1 aliphatic carbocycles. The van der Waals surface area contributed by atoms with Crippen LogP contribution in [-0.2, 0) is 18.4 Å². The third-order valence-electron chi connectivity index (χ3n) is 5.59. The molecule has 0 unspecified atom stereocenters. The lowest BCUT2D eigenvalue weighted by Crippen LogP contribution is -2.48. The summed E-state index contributed by atoms with van der Waals surface area (Å²) in [6.07, 6.45) is 4.06. The second-order valence-electron chi connectivity index (χ2n) is 8.28. The number of anilines is 1. The number of urea groups is 1. The van der Waals surface area contributed by atoms with E-state index in [2.05, 4.69) is 5.32 Å². The van der Waals surface area contributed by atoms with Gasteiger partial charge < -0.3 is 19.7 Å². The molecule has 0 aliphatic heterocycles. The normalized spacial score (nSPS) is 13.4. The molecule has 0 spiro atoms. The van der Waals surface area contributed by atoms with Crippen LogP contribution in [0.5, 0.6) is 0 Å². The van der Waals surface area contributed by atoms with Gasteiger partial charge in [0.1, 0.15) is 6.54 Å². The van der Waals surface area contributed by atoms with E-state index in [1.54, 1.807) is 4.90 Å². The molecule has 156 valence electrons. The molecular formula is C23H32N4O2. The van der Waals surface area contributed by atoms with Crippen molar-refractivity contribution in [2.45, 2.75) is 59.2 Å². The Morgan fingerprint density at radius 2 is 1.79 bits per heavy atom. The second kappa shape index (κ2) is 8.72. The molecular weight excluding hydrogens is 364 g/mol. The Kier molecular flexibility index (Phi) is 6.30. The number of para-hydroxylation sites is 1. The highest BCUT2D eigenvalue weighted by molar-refractivity contribution is 5.94. The van der Waals surface area contributed by atoms with Crippen LogP contribution < -0.4 is 5.32 Å². The minimum absolute atomic E-state index is 0.000874. The van der Waals surface area contributed by atoms with E-state index in [4.69, 9.17) is 0 Å². The first-order chi connectivity index (χ1) is 13.8. The van der Waals surface area contributed by atoms with Crippen LogP contribution in [0, 0.1) is 13.8 Å². The predicted octanol–water partition coefficient (Wildman–Crippen LogP) is 4.08. The lowest BCUT2D eigenvalue weighted by molar-refractivity contribution is -0.133. The van der Waals surface area contributed by atoms with Gasteiger partial charge in [-0.25, -0.2) is 4.79 Å². The Bertz CT molecular complexity index is 863. The van der Waals surface area contributed by atoms with E-state index >= 15 is 0 Å². The molecule has 1 aromatic carbocycles. The number of benzene rings is 1. The van der Waals surface area contributed by atoms with Crippen molar-refractivity contribution in [3.8, 4) is 0 Å². The molecule has 0 bridgehead atoms. The summed E-state index contributed by atoms with van der Waals surface area (Å²) in [7, 11) is 1.99. The minimum Gasteiger partial charge on any atom is -0.353 e. The number of hydrogen-bond donors (Lipinski definition) is 1. The van der Waals surface area contributed by atoms with Gasteiger partial charge in [0.2, 0.25) is 5.91 Å². The van der Waals surface area contributed by atoms with Crippen LogP contribution in [0.1, 0.15) is 43.5 Å². The number of nitrogens with one attached hydrogen (secondary N) is 1. The average molecular weight is 397 g/mol. The highest BCUT2D eigenvalue weighted by Crippen LogP contribution is 2.29. The van der Waals surface area contributed by atoms with E-state index < -0.39 is 0 Å². The number of amides is 3. The van der Waals surface area contributed by atoms with E-state index in [-0.39, 0.29) is 30.6 Å². The molecule has 1 N–H and O–H groups in total. The zero-order chi connectivity index (χ0) is 21.1. The number of carbonyl (C=O) groups excluding carboxylic acids is 2. The molecule has 29 heavy (non-hydrogen) atoms. The van der Waals surface area contributed by atoms with Crippen molar-refractivity contribution in [3.63, 3.8) is 0 Å². The standard InChI is InChI=1S/C23H32N4O2/c1-16(2)26(23(29)24-22-17(3)8-6-9-18(22)4)15-21(28)27(19-11-12-19)14-20-10-7-13-25(20)5/h6-10,13,16,19H,11-12,14-15H2,1-5H3,(H,24,29). The van der Waals surface area contributed by atoms with Crippen molar-refractivity contribution in [3.05, 3.63) is 53.3 Å². The summed E-state index contributed by atoms with van der Waals surface area (Å²) in [5, 5.41) is 3.02.